The number of phenolic OH excluding ortho intramolecular Hbond substituents is 1. The van der Waals surface area contributed by atoms with Gasteiger partial charge in [-0.05, 0) is 30.3 Å². The standard InChI is InChI=1S/C18H12N2O5/c21-10-1-2-13-8(4-10)3-9-6-20-14(15(9)19-13)5-11-12(17(20)23)7-25-18(24)16(11)22/h1-5,16,21-22H,6-7H2. The van der Waals surface area contributed by atoms with E-state index in [4.69, 9.17) is 4.74 Å². The molecule has 1 atom stereocenters. The molecule has 7 heteroatoms. The van der Waals surface area contributed by atoms with Crippen LogP contribution in [0.5, 0.6) is 5.75 Å². The molecule has 2 N–H and O–H groups in total. The van der Waals surface area contributed by atoms with Crippen molar-refractivity contribution in [1.82, 2.24) is 9.55 Å². The lowest BCUT2D eigenvalue weighted by Gasteiger charge is -2.21. The molecular weight excluding hydrogens is 324 g/mol. The highest BCUT2D eigenvalue weighted by molar-refractivity contribution is 5.85. The first-order valence-corrected chi connectivity index (χ1v) is 7.77. The molecule has 2 aliphatic rings. The second-order valence-electron chi connectivity index (χ2n) is 6.24. The zero-order valence-corrected chi connectivity index (χ0v) is 12.9. The number of hydrogen-bond acceptors (Lipinski definition) is 6. The number of aromatic nitrogens is 2. The third-order valence-electron chi connectivity index (χ3n) is 4.76. The zero-order chi connectivity index (χ0) is 17.3. The molecular formula is C18H12N2O5. The minimum Gasteiger partial charge on any atom is -0.508 e. The molecule has 124 valence electrons. The minimum atomic E-state index is -1.45. The quantitative estimate of drug-likeness (QED) is 0.468. The Kier molecular flexibility index (Phi) is 2.65. The van der Waals surface area contributed by atoms with Crippen LogP contribution in [0.3, 0.4) is 0 Å². The third-order valence-corrected chi connectivity index (χ3v) is 4.76. The molecule has 0 bridgehead atoms. The molecule has 7 nitrogen and oxygen atoms in total. The Bertz CT molecular complexity index is 1150. The number of ether oxygens (including phenoxy) is 1. The summed E-state index contributed by atoms with van der Waals surface area (Å²) in [5.74, 6) is -0.604. The molecule has 0 spiro atoms. The predicted molar refractivity (Wildman–Crippen MR) is 87.0 cm³/mol. The maximum atomic E-state index is 12.8. The lowest BCUT2D eigenvalue weighted by molar-refractivity contribution is -0.157. The average molecular weight is 336 g/mol. The summed E-state index contributed by atoms with van der Waals surface area (Å²) >= 11 is 0. The van der Waals surface area contributed by atoms with E-state index in [1.807, 2.05) is 6.07 Å². The summed E-state index contributed by atoms with van der Waals surface area (Å²) < 4.78 is 6.44. The van der Waals surface area contributed by atoms with E-state index in [1.54, 1.807) is 28.8 Å². The monoisotopic (exact) mass is 336 g/mol. The summed E-state index contributed by atoms with van der Waals surface area (Å²) in [7, 11) is 0. The van der Waals surface area contributed by atoms with Gasteiger partial charge < -0.3 is 19.5 Å². The van der Waals surface area contributed by atoms with Crippen LogP contribution >= 0.6 is 0 Å². The van der Waals surface area contributed by atoms with Crippen molar-refractivity contribution in [2.75, 3.05) is 0 Å². The Balaban J connectivity index is 1.78. The first-order valence-electron chi connectivity index (χ1n) is 7.77. The van der Waals surface area contributed by atoms with E-state index in [1.165, 1.54) is 0 Å². The van der Waals surface area contributed by atoms with Crippen molar-refractivity contribution in [2.45, 2.75) is 19.3 Å². The Hall–Kier alpha value is -3.19. The number of nitrogens with zero attached hydrogens (tertiary/aromatic N) is 2. The number of pyridine rings is 2. The molecule has 0 radical (unpaired) electrons. The number of rotatable bonds is 0. The van der Waals surface area contributed by atoms with Gasteiger partial charge in [0.2, 0.25) is 0 Å². The van der Waals surface area contributed by atoms with Crippen molar-refractivity contribution < 1.29 is 19.7 Å². The van der Waals surface area contributed by atoms with Crippen molar-refractivity contribution in [3.05, 3.63) is 57.4 Å². The van der Waals surface area contributed by atoms with Crippen molar-refractivity contribution in [3.8, 4) is 17.1 Å². The van der Waals surface area contributed by atoms with Crippen LogP contribution in [0, 0.1) is 0 Å². The molecule has 3 aromatic rings. The summed E-state index contributed by atoms with van der Waals surface area (Å²) in [4.78, 5) is 29.0. The molecule has 2 aliphatic heterocycles. The number of phenols is 1. The number of aliphatic hydroxyl groups is 1. The maximum Gasteiger partial charge on any atom is 0.340 e. The third kappa shape index (κ3) is 1.87. The van der Waals surface area contributed by atoms with E-state index in [0.717, 1.165) is 10.9 Å². The fourth-order valence-electron chi connectivity index (χ4n) is 3.52. The predicted octanol–water partition coefficient (Wildman–Crippen LogP) is 1.22. The van der Waals surface area contributed by atoms with Gasteiger partial charge in [0.1, 0.15) is 12.4 Å². The molecule has 0 aliphatic carbocycles. The number of benzene rings is 1. The van der Waals surface area contributed by atoms with Crippen LogP contribution in [0.2, 0.25) is 0 Å². The number of carbonyl (C=O) groups excluding carboxylic acids is 1. The Labute approximate surface area is 140 Å². The normalized spacial score (nSPS) is 17.8. The van der Waals surface area contributed by atoms with Gasteiger partial charge in [0, 0.05) is 16.5 Å². The fraction of sp³-hybridized carbons (Fsp3) is 0.167. The van der Waals surface area contributed by atoms with Gasteiger partial charge >= 0.3 is 5.97 Å². The molecule has 1 aromatic carbocycles. The molecule has 0 fully saturated rings. The van der Waals surface area contributed by atoms with Crippen LogP contribution in [-0.4, -0.2) is 25.7 Å². The first-order chi connectivity index (χ1) is 12.0. The molecule has 0 amide bonds. The minimum absolute atomic E-state index is 0.135. The van der Waals surface area contributed by atoms with E-state index < -0.39 is 12.1 Å². The molecule has 5 rings (SSSR count). The van der Waals surface area contributed by atoms with Crippen molar-refractivity contribution >= 4 is 16.9 Å². The number of aromatic hydroxyl groups is 1. The van der Waals surface area contributed by atoms with E-state index in [9.17, 15) is 19.8 Å². The van der Waals surface area contributed by atoms with Gasteiger partial charge in [0.05, 0.1) is 29.0 Å². The summed E-state index contributed by atoms with van der Waals surface area (Å²) in [6.07, 6.45) is -1.45. The van der Waals surface area contributed by atoms with Crippen LogP contribution in [0.1, 0.15) is 22.8 Å². The second kappa shape index (κ2) is 4.67. The first kappa shape index (κ1) is 14.2. The lowest BCUT2D eigenvalue weighted by atomic mass is 10.0. The van der Waals surface area contributed by atoms with E-state index in [0.29, 0.717) is 29.0 Å². The van der Waals surface area contributed by atoms with E-state index in [2.05, 4.69) is 4.98 Å². The van der Waals surface area contributed by atoms with Crippen molar-refractivity contribution in [2.24, 2.45) is 0 Å². The van der Waals surface area contributed by atoms with Gasteiger partial charge in [0.25, 0.3) is 5.56 Å². The van der Waals surface area contributed by atoms with Crippen molar-refractivity contribution in [3.63, 3.8) is 0 Å². The topological polar surface area (TPSA) is 102 Å². The largest absolute Gasteiger partial charge is 0.508 e. The van der Waals surface area contributed by atoms with Gasteiger partial charge in [-0.3, -0.25) is 4.79 Å². The van der Waals surface area contributed by atoms with Crippen molar-refractivity contribution in [1.29, 1.82) is 0 Å². The maximum absolute atomic E-state index is 12.8. The average Bonchev–Trinajstić information content (AvgIpc) is 2.95. The molecule has 0 saturated carbocycles. The highest BCUT2D eigenvalue weighted by atomic mass is 16.5. The number of aliphatic hydroxyl groups excluding tert-OH is 1. The van der Waals surface area contributed by atoms with Crippen LogP contribution in [0.25, 0.3) is 22.3 Å². The number of cyclic esters (lactones) is 1. The molecule has 1 unspecified atom stereocenters. The molecule has 2 aromatic heterocycles. The van der Waals surface area contributed by atoms with E-state index in [-0.39, 0.29) is 23.5 Å². The molecule has 25 heavy (non-hydrogen) atoms. The van der Waals surface area contributed by atoms with Crippen LogP contribution in [0.15, 0.2) is 35.1 Å². The number of fused-ring (bicyclic) bond motifs is 5. The van der Waals surface area contributed by atoms with E-state index >= 15 is 0 Å². The van der Waals surface area contributed by atoms with Crippen LogP contribution in [0.4, 0.5) is 0 Å². The summed E-state index contributed by atoms with van der Waals surface area (Å²) in [6.45, 7) is 0.212. The Morgan fingerprint density at radius 1 is 1.20 bits per heavy atom. The van der Waals surface area contributed by atoms with Crippen LogP contribution in [-0.2, 0) is 22.7 Å². The highest BCUT2D eigenvalue weighted by Gasteiger charge is 2.33. The van der Waals surface area contributed by atoms with Gasteiger partial charge in [0.15, 0.2) is 6.10 Å². The number of carbonyl (C=O) groups is 1. The Morgan fingerprint density at radius 2 is 2.04 bits per heavy atom. The van der Waals surface area contributed by atoms with Gasteiger partial charge in [-0.25, -0.2) is 9.78 Å². The SMILES string of the molecule is O=C1OCc2c(cc3n(c2=O)Cc2cc4cc(O)ccc4nc2-3)C1O. The summed E-state index contributed by atoms with van der Waals surface area (Å²) in [6, 6.07) is 8.41. The zero-order valence-electron chi connectivity index (χ0n) is 12.9. The van der Waals surface area contributed by atoms with Gasteiger partial charge in [-0.2, -0.15) is 0 Å². The fourth-order valence-corrected chi connectivity index (χ4v) is 3.52. The lowest BCUT2D eigenvalue weighted by Crippen LogP contribution is -2.32. The van der Waals surface area contributed by atoms with Gasteiger partial charge in [-0.15, -0.1) is 0 Å². The highest BCUT2D eigenvalue weighted by Crippen LogP contribution is 2.35. The summed E-state index contributed by atoms with van der Waals surface area (Å²) in [5.41, 5.74) is 3.05. The van der Waals surface area contributed by atoms with Gasteiger partial charge in [-0.1, -0.05) is 0 Å². The molecule has 4 heterocycles. The second-order valence-corrected chi connectivity index (χ2v) is 6.24. The smallest absolute Gasteiger partial charge is 0.340 e. The summed E-state index contributed by atoms with van der Waals surface area (Å²) in [5, 5.41) is 20.5. The molecule has 0 saturated heterocycles. The Morgan fingerprint density at radius 3 is 2.88 bits per heavy atom. The number of esters is 1. The van der Waals surface area contributed by atoms with Crippen LogP contribution < -0.4 is 5.56 Å². The number of hydrogen-bond donors (Lipinski definition) is 2.